The third kappa shape index (κ3) is 4.14. The first-order chi connectivity index (χ1) is 14.7. The number of carbonyl (C=O) groups excluding carboxylic acids is 1. The van der Waals surface area contributed by atoms with E-state index in [4.69, 9.17) is 4.74 Å². The minimum Gasteiger partial charge on any atom is -0.449 e. The zero-order valence-electron chi connectivity index (χ0n) is 17.0. The smallest absolute Gasteiger partial charge is 0.407 e. The average Bonchev–Trinajstić information content (AvgIpc) is 3.10. The van der Waals surface area contributed by atoms with Gasteiger partial charge in [-0.15, -0.1) is 0 Å². The summed E-state index contributed by atoms with van der Waals surface area (Å²) in [5.41, 5.74) is 7.86. The van der Waals surface area contributed by atoms with Crippen LogP contribution in [0.25, 0.3) is 17.2 Å². The fourth-order valence-electron chi connectivity index (χ4n) is 4.00. The Kier molecular flexibility index (Phi) is 5.96. The normalized spacial score (nSPS) is 12.6. The SMILES string of the molecule is Cc1cc(CO)ccc1C=CCNC(=O)OCC1c2ccccc2-c2ccccc21. The van der Waals surface area contributed by atoms with Crippen molar-refractivity contribution in [3.8, 4) is 11.1 Å². The summed E-state index contributed by atoms with van der Waals surface area (Å²) in [5.74, 6) is 0.0615. The second-order valence-corrected chi connectivity index (χ2v) is 7.46. The average molecular weight is 399 g/mol. The first kappa shape index (κ1) is 19.9. The lowest BCUT2D eigenvalue weighted by atomic mass is 9.98. The maximum absolute atomic E-state index is 12.2. The molecule has 152 valence electrons. The van der Waals surface area contributed by atoms with Crippen LogP contribution in [0.1, 0.15) is 33.7 Å². The zero-order valence-corrected chi connectivity index (χ0v) is 17.0. The maximum atomic E-state index is 12.2. The van der Waals surface area contributed by atoms with Crippen LogP contribution in [-0.4, -0.2) is 24.4 Å². The van der Waals surface area contributed by atoms with Crippen LogP contribution in [0, 0.1) is 6.92 Å². The lowest BCUT2D eigenvalue weighted by Gasteiger charge is -2.14. The summed E-state index contributed by atoms with van der Waals surface area (Å²) in [7, 11) is 0. The van der Waals surface area contributed by atoms with Crippen LogP contribution in [0.5, 0.6) is 0 Å². The van der Waals surface area contributed by atoms with Gasteiger partial charge in [0, 0.05) is 12.5 Å². The van der Waals surface area contributed by atoms with Gasteiger partial charge >= 0.3 is 6.09 Å². The molecule has 30 heavy (non-hydrogen) atoms. The largest absolute Gasteiger partial charge is 0.449 e. The molecule has 1 aliphatic carbocycles. The number of nitrogens with one attached hydrogen (secondary N) is 1. The molecule has 0 saturated heterocycles. The predicted octanol–water partition coefficient (Wildman–Crippen LogP) is 5.04. The molecular weight excluding hydrogens is 374 g/mol. The van der Waals surface area contributed by atoms with Gasteiger partial charge in [0.15, 0.2) is 0 Å². The van der Waals surface area contributed by atoms with Crippen molar-refractivity contribution in [2.24, 2.45) is 0 Å². The molecule has 0 heterocycles. The zero-order chi connectivity index (χ0) is 20.9. The minimum absolute atomic E-state index is 0.0359. The molecule has 0 aromatic heterocycles. The first-order valence-electron chi connectivity index (χ1n) is 10.1. The number of benzene rings is 3. The van der Waals surface area contributed by atoms with Crippen molar-refractivity contribution in [1.82, 2.24) is 5.32 Å². The van der Waals surface area contributed by atoms with Crippen molar-refractivity contribution in [3.05, 3.63) is 101 Å². The Morgan fingerprint density at radius 3 is 2.33 bits per heavy atom. The number of hydrogen-bond acceptors (Lipinski definition) is 3. The third-order valence-electron chi connectivity index (χ3n) is 5.52. The molecule has 0 saturated carbocycles. The highest BCUT2D eigenvalue weighted by atomic mass is 16.5. The van der Waals surface area contributed by atoms with Crippen molar-refractivity contribution >= 4 is 12.2 Å². The number of hydrogen-bond donors (Lipinski definition) is 2. The monoisotopic (exact) mass is 399 g/mol. The summed E-state index contributed by atoms with van der Waals surface area (Å²) in [6, 6.07) is 22.4. The van der Waals surface area contributed by atoms with Gasteiger partial charge in [0.2, 0.25) is 0 Å². The topological polar surface area (TPSA) is 58.6 Å². The molecule has 3 aromatic rings. The van der Waals surface area contributed by atoms with Crippen molar-refractivity contribution in [3.63, 3.8) is 0 Å². The molecule has 4 heteroatoms. The molecule has 4 nitrogen and oxygen atoms in total. The van der Waals surface area contributed by atoms with Gasteiger partial charge in [-0.1, -0.05) is 78.9 Å². The van der Waals surface area contributed by atoms with Crippen LogP contribution in [0.2, 0.25) is 0 Å². The molecule has 3 aromatic carbocycles. The second kappa shape index (κ2) is 8.97. The van der Waals surface area contributed by atoms with Gasteiger partial charge in [-0.2, -0.15) is 0 Å². The maximum Gasteiger partial charge on any atom is 0.407 e. The van der Waals surface area contributed by atoms with Gasteiger partial charge in [0.05, 0.1) is 6.61 Å². The number of ether oxygens (including phenoxy) is 1. The lowest BCUT2D eigenvalue weighted by Crippen LogP contribution is -2.26. The van der Waals surface area contributed by atoms with Gasteiger partial charge in [-0.25, -0.2) is 4.79 Å². The van der Waals surface area contributed by atoms with E-state index in [1.54, 1.807) is 0 Å². The highest BCUT2D eigenvalue weighted by Crippen LogP contribution is 2.44. The van der Waals surface area contributed by atoms with Crippen molar-refractivity contribution in [2.45, 2.75) is 19.4 Å². The van der Waals surface area contributed by atoms with Crippen molar-refractivity contribution in [1.29, 1.82) is 0 Å². The molecule has 1 amide bonds. The third-order valence-corrected chi connectivity index (χ3v) is 5.52. The highest BCUT2D eigenvalue weighted by molar-refractivity contribution is 5.79. The summed E-state index contributed by atoms with van der Waals surface area (Å²) in [6.45, 7) is 2.73. The number of carbonyl (C=O) groups is 1. The lowest BCUT2D eigenvalue weighted by molar-refractivity contribution is 0.144. The Bertz CT molecular complexity index is 1040. The fraction of sp³-hybridized carbons (Fsp3) is 0.192. The quantitative estimate of drug-likeness (QED) is 0.611. The van der Waals surface area contributed by atoms with Gasteiger partial charge in [0.25, 0.3) is 0 Å². The predicted molar refractivity (Wildman–Crippen MR) is 119 cm³/mol. The Labute approximate surface area is 176 Å². The van der Waals surface area contributed by atoms with Crippen molar-refractivity contribution < 1.29 is 14.6 Å². The standard InChI is InChI=1S/C26H25NO3/c1-18-15-19(16-28)12-13-20(18)7-6-14-27-26(29)30-17-25-23-10-4-2-8-21(23)22-9-3-5-11-24(22)25/h2-13,15,25,28H,14,16-17H2,1H3,(H,27,29). The molecule has 0 bridgehead atoms. The van der Waals surface area contributed by atoms with Crippen LogP contribution >= 0.6 is 0 Å². The molecule has 4 rings (SSSR count). The Morgan fingerprint density at radius 2 is 1.70 bits per heavy atom. The van der Waals surface area contributed by atoms with E-state index in [2.05, 4.69) is 29.6 Å². The van der Waals surface area contributed by atoms with E-state index in [1.807, 2.05) is 61.5 Å². The van der Waals surface area contributed by atoms with Gasteiger partial charge < -0.3 is 15.2 Å². The molecular formula is C26H25NO3. The van der Waals surface area contributed by atoms with Crippen molar-refractivity contribution in [2.75, 3.05) is 13.2 Å². The van der Waals surface area contributed by atoms with E-state index in [-0.39, 0.29) is 12.5 Å². The van der Waals surface area contributed by atoms with E-state index in [1.165, 1.54) is 22.3 Å². The van der Waals surface area contributed by atoms with Crippen LogP contribution < -0.4 is 5.32 Å². The molecule has 0 unspecified atom stereocenters. The summed E-state index contributed by atoms with van der Waals surface area (Å²) in [6.07, 6.45) is 3.43. The van der Waals surface area contributed by atoms with Gasteiger partial charge in [-0.05, 0) is 45.9 Å². The highest BCUT2D eigenvalue weighted by Gasteiger charge is 2.28. The number of alkyl carbamates (subject to hydrolysis) is 1. The van der Waals surface area contributed by atoms with Gasteiger partial charge in [-0.3, -0.25) is 0 Å². The number of aryl methyl sites for hydroxylation is 1. The summed E-state index contributed by atoms with van der Waals surface area (Å²) >= 11 is 0. The Balaban J connectivity index is 1.32. The molecule has 0 spiro atoms. The van der Waals surface area contributed by atoms with Crippen LogP contribution in [0.15, 0.2) is 72.8 Å². The van der Waals surface area contributed by atoms with Crippen LogP contribution in [0.4, 0.5) is 4.79 Å². The van der Waals surface area contributed by atoms with E-state index >= 15 is 0 Å². The molecule has 2 N–H and O–H groups in total. The molecule has 0 aliphatic heterocycles. The number of rotatable bonds is 6. The summed E-state index contributed by atoms with van der Waals surface area (Å²) in [4.78, 5) is 12.2. The summed E-state index contributed by atoms with van der Waals surface area (Å²) in [5, 5.41) is 12.0. The Hall–Kier alpha value is -3.37. The number of amides is 1. The molecule has 1 aliphatic rings. The molecule has 0 atom stereocenters. The Morgan fingerprint density at radius 1 is 1.03 bits per heavy atom. The second-order valence-electron chi connectivity index (χ2n) is 7.46. The van der Waals surface area contributed by atoms with E-state index in [0.717, 1.165) is 16.7 Å². The van der Waals surface area contributed by atoms with E-state index in [9.17, 15) is 9.90 Å². The fourth-order valence-corrected chi connectivity index (χ4v) is 4.00. The molecule has 0 radical (unpaired) electrons. The molecule has 0 fully saturated rings. The van der Waals surface area contributed by atoms with Gasteiger partial charge in [0.1, 0.15) is 6.61 Å². The van der Waals surface area contributed by atoms with E-state index < -0.39 is 6.09 Å². The number of aliphatic hydroxyl groups is 1. The number of aliphatic hydroxyl groups excluding tert-OH is 1. The van der Waals surface area contributed by atoms with Crippen LogP contribution in [0.3, 0.4) is 0 Å². The van der Waals surface area contributed by atoms with Crippen LogP contribution in [-0.2, 0) is 11.3 Å². The van der Waals surface area contributed by atoms with E-state index in [0.29, 0.717) is 13.2 Å². The minimum atomic E-state index is -0.422. The first-order valence-corrected chi connectivity index (χ1v) is 10.1. The number of fused-ring (bicyclic) bond motifs is 3. The summed E-state index contributed by atoms with van der Waals surface area (Å²) < 4.78 is 5.53.